The highest BCUT2D eigenvalue weighted by atomic mass is 16.5. The summed E-state index contributed by atoms with van der Waals surface area (Å²) in [6.07, 6.45) is 5.63. The quantitative estimate of drug-likeness (QED) is 0.722. The van der Waals surface area contributed by atoms with E-state index >= 15 is 0 Å². The van der Waals surface area contributed by atoms with Gasteiger partial charge in [-0.15, -0.1) is 0 Å². The minimum absolute atomic E-state index is 0.0317. The maximum Gasteiger partial charge on any atom is 0.226 e. The van der Waals surface area contributed by atoms with E-state index in [1.165, 1.54) is 0 Å². The van der Waals surface area contributed by atoms with Crippen LogP contribution in [0, 0.1) is 11.8 Å². The number of para-hydroxylation sites is 1. The van der Waals surface area contributed by atoms with Gasteiger partial charge in [-0.05, 0) is 48.6 Å². The fourth-order valence-electron chi connectivity index (χ4n) is 3.36. The Kier molecular flexibility index (Phi) is 6.63. The normalized spacial score (nSPS) is 17.6. The van der Waals surface area contributed by atoms with Gasteiger partial charge in [0.1, 0.15) is 5.75 Å². The van der Waals surface area contributed by atoms with Gasteiger partial charge in [0, 0.05) is 32.5 Å². The van der Waals surface area contributed by atoms with E-state index in [2.05, 4.69) is 10.3 Å². The molecule has 6 heteroatoms. The number of likely N-dealkylation sites (N-methyl/N-ethyl adjacent to an activating group) is 1. The van der Waals surface area contributed by atoms with Crippen molar-refractivity contribution < 1.29 is 14.3 Å². The molecule has 1 N–H and O–H groups in total. The van der Waals surface area contributed by atoms with Gasteiger partial charge in [0.05, 0.1) is 18.9 Å². The van der Waals surface area contributed by atoms with Crippen molar-refractivity contribution in [3.63, 3.8) is 0 Å². The molecule has 2 aromatic rings. The third kappa shape index (κ3) is 5.09. The molecule has 1 aromatic heterocycles. The van der Waals surface area contributed by atoms with Crippen molar-refractivity contribution in [3.05, 3.63) is 59.9 Å². The zero-order chi connectivity index (χ0) is 19.9. The molecule has 2 atom stereocenters. The summed E-state index contributed by atoms with van der Waals surface area (Å²) < 4.78 is 5.33. The average Bonchev–Trinajstić information content (AvgIpc) is 3.53. The maximum absolute atomic E-state index is 12.5. The number of methoxy groups -OCH3 is 1. The number of aromatic nitrogens is 1. The lowest BCUT2D eigenvalue weighted by Crippen LogP contribution is -2.33. The third-order valence-electron chi connectivity index (χ3n) is 5.19. The topological polar surface area (TPSA) is 71.5 Å². The van der Waals surface area contributed by atoms with Gasteiger partial charge in [-0.2, -0.15) is 0 Å². The lowest BCUT2D eigenvalue weighted by Gasteiger charge is -2.17. The van der Waals surface area contributed by atoms with Crippen LogP contribution >= 0.6 is 0 Å². The van der Waals surface area contributed by atoms with E-state index in [4.69, 9.17) is 4.74 Å². The van der Waals surface area contributed by atoms with Crippen LogP contribution in [-0.4, -0.2) is 48.9 Å². The minimum atomic E-state index is -0.200. The van der Waals surface area contributed by atoms with Crippen LogP contribution in [0.4, 0.5) is 0 Å². The molecule has 2 unspecified atom stereocenters. The van der Waals surface area contributed by atoms with Crippen molar-refractivity contribution in [2.45, 2.75) is 19.3 Å². The molecule has 1 aliphatic carbocycles. The minimum Gasteiger partial charge on any atom is -0.496 e. The first-order valence-electron chi connectivity index (χ1n) is 9.63. The molecule has 2 amide bonds. The molecule has 1 saturated carbocycles. The summed E-state index contributed by atoms with van der Waals surface area (Å²) in [5, 5.41) is 2.95. The fourth-order valence-corrected chi connectivity index (χ4v) is 3.36. The van der Waals surface area contributed by atoms with Crippen LogP contribution in [0.15, 0.2) is 48.8 Å². The number of hydrogen-bond acceptors (Lipinski definition) is 4. The van der Waals surface area contributed by atoms with Crippen molar-refractivity contribution in [3.8, 4) is 5.75 Å². The predicted molar refractivity (Wildman–Crippen MR) is 107 cm³/mol. The standard InChI is InChI=1S/C22H27N3O3/c1-25(14-10-16-7-11-23-12-8-16)22(27)19-15-18(19)21(26)24-13-9-17-5-3-4-6-20(17)28-2/h3-8,11-12,18-19H,9-10,13-15H2,1-2H3,(H,24,26). The second-order valence-corrected chi connectivity index (χ2v) is 7.17. The lowest BCUT2D eigenvalue weighted by atomic mass is 10.1. The Morgan fingerprint density at radius 1 is 1.14 bits per heavy atom. The summed E-state index contributed by atoms with van der Waals surface area (Å²) in [5.41, 5.74) is 2.21. The molecule has 0 bridgehead atoms. The number of benzene rings is 1. The van der Waals surface area contributed by atoms with E-state index in [1.807, 2.05) is 36.4 Å². The molecule has 148 valence electrons. The molecule has 6 nitrogen and oxygen atoms in total. The van der Waals surface area contributed by atoms with E-state index in [0.29, 0.717) is 25.9 Å². The first kappa shape index (κ1) is 19.9. The van der Waals surface area contributed by atoms with E-state index in [1.54, 1.807) is 31.5 Å². The molecule has 1 heterocycles. The summed E-state index contributed by atoms with van der Waals surface area (Å²) in [7, 11) is 3.45. The van der Waals surface area contributed by atoms with Gasteiger partial charge < -0.3 is 15.0 Å². The van der Waals surface area contributed by atoms with Gasteiger partial charge in [0.15, 0.2) is 0 Å². The summed E-state index contributed by atoms with van der Waals surface area (Å²) in [6, 6.07) is 11.7. The number of rotatable bonds is 9. The van der Waals surface area contributed by atoms with E-state index in [0.717, 1.165) is 23.3 Å². The van der Waals surface area contributed by atoms with Crippen molar-refractivity contribution in [1.82, 2.24) is 15.2 Å². The van der Waals surface area contributed by atoms with Gasteiger partial charge >= 0.3 is 0 Å². The molecule has 1 aliphatic rings. The number of pyridine rings is 1. The first-order chi connectivity index (χ1) is 13.6. The highest BCUT2D eigenvalue weighted by Gasteiger charge is 2.48. The molecule has 0 radical (unpaired) electrons. The molecule has 0 aliphatic heterocycles. The van der Waals surface area contributed by atoms with Crippen molar-refractivity contribution in [1.29, 1.82) is 0 Å². The van der Waals surface area contributed by atoms with Crippen LogP contribution in [0.1, 0.15) is 17.5 Å². The van der Waals surface area contributed by atoms with Crippen LogP contribution in [0.5, 0.6) is 5.75 Å². The van der Waals surface area contributed by atoms with Crippen LogP contribution < -0.4 is 10.1 Å². The maximum atomic E-state index is 12.5. The Morgan fingerprint density at radius 2 is 1.89 bits per heavy atom. The van der Waals surface area contributed by atoms with Gasteiger partial charge in [-0.3, -0.25) is 14.6 Å². The largest absolute Gasteiger partial charge is 0.496 e. The highest BCUT2D eigenvalue weighted by Crippen LogP contribution is 2.40. The molecule has 3 rings (SSSR count). The first-order valence-corrected chi connectivity index (χ1v) is 9.63. The van der Waals surface area contributed by atoms with Crippen molar-refractivity contribution in [2.24, 2.45) is 11.8 Å². The zero-order valence-corrected chi connectivity index (χ0v) is 16.4. The van der Waals surface area contributed by atoms with Crippen LogP contribution in [0.2, 0.25) is 0 Å². The van der Waals surface area contributed by atoms with Crippen molar-refractivity contribution >= 4 is 11.8 Å². The summed E-state index contributed by atoms with van der Waals surface area (Å²) in [5.74, 6) is 0.462. The Balaban J connectivity index is 1.40. The van der Waals surface area contributed by atoms with Gasteiger partial charge in [0.25, 0.3) is 0 Å². The van der Waals surface area contributed by atoms with E-state index in [-0.39, 0.29) is 23.7 Å². The summed E-state index contributed by atoms with van der Waals surface area (Å²) >= 11 is 0. The number of nitrogens with one attached hydrogen (secondary N) is 1. The Hall–Kier alpha value is -2.89. The number of amides is 2. The SMILES string of the molecule is COc1ccccc1CCNC(=O)C1CC1C(=O)N(C)CCc1ccncc1. The highest BCUT2D eigenvalue weighted by molar-refractivity contribution is 5.92. The number of ether oxygens (including phenoxy) is 1. The number of nitrogens with zero attached hydrogens (tertiary/aromatic N) is 2. The third-order valence-corrected chi connectivity index (χ3v) is 5.19. The lowest BCUT2D eigenvalue weighted by molar-refractivity contribution is -0.133. The van der Waals surface area contributed by atoms with E-state index < -0.39 is 0 Å². The van der Waals surface area contributed by atoms with Crippen LogP contribution in [0.3, 0.4) is 0 Å². The molecule has 1 fully saturated rings. The van der Waals surface area contributed by atoms with E-state index in [9.17, 15) is 9.59 Å². The number of carbonyl (C=O) groups excluding carboxylic acids is 2. The Labute approximate surface area is 165 Å². The monoisotopic (exact) mass is 381 g/mol. The number of carbonyl (C=O) groups is 2. The van der Waals surface area contributed by atoms with Crippen LogP contribution in [0.25, 0.3) is 0 Å². The zero-order valence-electron chi connectivity index (χ0n) is 16.4. The van der Waals surface area contributed by atoms with Gasteiger partial charge in [0.2, 0.25) is 11.8 Å². The fraction of sp³-hybridized carbons (Fsp3) is 0.409. The van der Waals surface area contributed by atoms with Crippen molar-refractivity contribution in [2.75, 3.05) is 27.2 Å². The smallest absolute Gasteiger partial charge is 0.226 e. The molecular weight excluding hydrogens is 354 g/mol. The summed E-state index contributed by atoms with van der Waals surface area (Å²) in [6.45, 7) is 1.18. The van der Waals surface area contributed by atoms with Crippen LogP contribution in [-0.2, 0) is 22.4 Å². The second-order valence-electron chi connectivity index (χ2n) is 7.17. The average molecular weight is 381 g/mol. The summed E-state index contributed by atoms with van der Waals surface area (Å²) in [4.78, 5) is 30.6. The Bertz CT molecular complexity index is 810. The molecule has 1 aromatic carbocycles. The predicted octanol–water partition coefficient (Wildman–Crippen LogP) is 2.09. The number of hydrogen-bond donors (Lipinski definition) is 1. The Morgan fingerprint density at radius 3 is 2.64 bits per heavy atom. The molecule has 0 saturated heterocycles. The van der Waals surface area contributed by atoms with Gasteiger partial charge in [-0.1, -0.05) is 18.2 Å². The van der Waals surface area contributed by atoms with Gasteiger partial charge in [-0.25, -0.2) is 0 Å². The molecule has 0 spiro atoms. The molecular formula is C22H27N3O3. The molecule has 28 heavy (non-hydrogen) atoms. The second kappa shape index (κ2) is 9.35.